The third kappa shape index (κ3) is 2.52. The zero-order chi connectivity index (χ0) is 12.5. The molecule has 0 fully saturated rings. The number of para-hydroxylation sites is 1. The van der Waals surface area contributed by atoms with Gasteiger partial charge in [-0.2, -0.15) is 13.2 Å². The predicted octanol–water partition coefficient (Wildman–Crippen LogP) is 2.83. The van der Waals surface area contributed by atoms with Crippen LogP contribution in [0.3, 0.4) is 0 Å². The first-order valence-corrected chi connectivity index (χ1v) is 4.91. The molecule has 0 bridgehead atoms. The van der Waals surface area contributed by atoms with Gasteiger partial charge in [-0.15, -0.1) is 0 Å². The van der Waals surface area contributed by atoms with Crippen LogP contribution in [0.1, 0.15) is 5.76 Å². The molecule has 2 rings (SSSR count). The Hall–Kier alpha value is -1.69. The second-order valence-electron chi connectivity index (χ2n) is 3.46. The Morgan fingerprint density at radius 1 is 1.24 bits per heavy atom. The summed E-state index contributed by atoms with van der Waals surface area (Å²) in [5.74, 6) is 0.288. The van der Waals surface area contributed by atoms with E-state index in [0.717, 1.165) is 0 Å². The zero-order valence-electron chi connectivity index (χ0n) is 8.75. The molecule has 0 unspecified atom stereocenters. The van der Waals surface area contributed by atoms with Gasteiger partial charge in [-0.3, -0.25) is 0 Å². The highest BCUT2D eigenvalue weighted by atomic mass is 19.4. The molecule has 0 saturated carbocycles. The van der Waals surface area contributed by atoms with Gasteiger partial charge in [0.15, 0.2) is 18.1 Å². The number of nitrogens with two attached hydrogens (primary N) is 1. The lowest BCUT2D eigenvalue weighted by Gasteiger charge is -2.08. The van der Waals surface area contributed by atoms with Crippen molar-refractivity contribution >= 4 is 11.0 Å². The molecule has 0 aliphatic carbocycles. The van der Waals surface area contributed by atoms with Crippen molar-refractivity contribution < 1.29 is 22.3 Å². The lowest BCUT2D eigenvalue weighted by molar-refractivity contribution is -0.153. The smallest absolute Gasteiger partial charge is 0.422 e. The SMILES string of the molecule is NCc1oc2ccccc2c1OCC(F)(F)F. The van der Waals surface area contributed by atoms with Crippen LogP contribution < -0.4 is 10.5 Å². The van der Waals surface area contributed by atoms with Gasteiger partial charge in [0.25, 0.3) is 0 Å². The predicted molar refractivity (Wildman–Crippen MR) is 55.7 cm³/mol. The summed E-state index contributed by atoms with van der Waals surface area (Å²) in [5.41, 5.74) is 5.86. The first kappa shape index (κ1) is 11.8. The molecule has 2 aromatic rings. The first-order valence-electron chi connectivity index (χ1n) is 4.91. The Morgan fingerprint density at radius 3 is 2.59 bits per heavy atom. The molecule has 0 radical (unpaired) electrons. The summed E-state index contributed by atoms with van der Waals surface area (Å²) < 4.78 is 46.3. The molecule has 6 heteroatoms. The van der Waals surface area contributed by atoms with Crippen LogP contribution in [0.15, 0.2) is 28.7 Å². The quantitative estimate of drug-likeness (QED) is 0.904. The number of furan rings is 1. The van der Waals surface area contributed by atoms with Crippen LogP contribution in [-0.4, -0.2) is 12.8 Å². The standard InChI is InChI=1S/C11H10F3NO2/c12-11(13,14)6-16-10-7-3-1-2-4-8(7)17-9(10)5-15/h1-4H,5-6,15H2. The van der Waals surface area contributed by atoms with Crippen molar-refractivity contribution in [2.75, 3.05) is 6.61 Å². The van der Waals surface area contributed by atoms with E-state index >= 15 is 0 Å². The van der Waals surface area contributed by atoms with E-state index in [9.17, 15) is 13.2 Å². The molecule has 0 aliphatic rings. The number of rotatable bonds is 3. The Kier molecular flexibility index (Phi) is 2.97. The minimum Gasteiger partial charge on any atom is -0.480 e. The Bertz CT molecular complexity index is 519. The van der Waals surface area contributed by atoms with Gasteiger partial charge in [-0.05, 0) is 12.1 Å². The molecule has 2 N–H and O–H groups in total. The van der Waals surface area contributed by atoms with Crippen LogP contribution in [0.4, 0.5) is 13.2 Å². The Labute approximate surface area is 95.0 Å². The van der Waals surface area contributed by atoms with Gasteiger partial charge in [-0.1, -0.05) is 12.1 Å². The second kappa shape index (κ2) is 4.29. The zero-order valence-corrected chi connectivity index (χ0v) is 8.75. The molecule has 1 aromatic carbocycles. The third-order valence-electron chi connectivity index (χ3n) is 2.18. The molecule has 0 spiro atoms. The fourth-order valence-electron chi connectivity index (χ4n) is 1.52. The number of hydrogen-bond donors (Lipinski definition) is 1. The number of fused-ring (bicyclic) bond motifs is 1. The van der Waals surface area contributed by atoms with Crippen molar-refractivity contribution in [3.63, 3.8) is 0 Å². The largest absolute Gasteiger partial charge is 0.480 e. The summed E-state index contributed by atoms with van der Waals surface area (Å²) >= 11 is 0. The normalized spacial score (nSPS) is 12.0. The molecule has 0 amide bonds. The van der Waals surface area contributed by atoms with Crippen molar-refractivity contribution in [1.29, 1.82) is 0 Å². The molecule has 0 aliphatic heterocycles. The average molecular weight is 245 g/mol. The topological polar surface area (TPSA) is 48.4 Å². The lowest BCUT2D eigenvalue weighted by Crippen LogP contribution is -2.19. The van der Waals surface area contributed by atoms with Gasteiger partial charge in [0.1, 0.15) is 5.58 Å². The molecule has 17 heavy (non-hydrogen) atoms. The van der Waals surface area contributed by atoms with Crippen LogP contribution in [0, 0.1) is 0 Å². The van der Waals surface area contributed by atoms with Crippen LogP contribution in [0.25, 0.3) is 11.0 Å². The van der Waals surface area contributed by atoms with Gasteiger partial charge in [0.05, 0.1) is 11.9 Å². The van der Waals surface area contributed by atoms with E-state index in [1.165, 1.54) is 0 Å². The van der Waals surface area contributed by atoms with Crippen molar-refractivity contribution in [3.8, 4) is 5.75 Å². The monoisotopic (exact) mass is 245 g/mol. The van der Waals surface area contributed by atoms with Gasteiger partial charge in [0.2, 0.25) is 0 Å². The van der Waals surface area contributed by atoms with E-state index < -0.39 is 12.8 Å². The first-order chi connectivity index (χ1) is 8.01. The van der Waals surface area contributed by atoms with E-state index in [1.54, 1.807) is 24.3 Å². The number of benzene rings is 1. The van der Waals surface area contributed by atoms with Crippen LogP contribution in [-0.2, 0) is 6.54 Å². The van der Waals surface area contributed by atoms with E-state index in [-0.39, 0.29) is 18.1 Å². The minimum absolute atomic E-state index is 0.0120. The Balaban J connectivity index is 2.37. The molecule has 0 saturated heterocycles. The van der Waals surface area contributed by atoms with Gasteiger partial charge < -0.3 is 14.9 Å². The fraction of sp³-hybridized carbons (Fsp3) is 0.273. The van der Waals surface area contributed by atoms with Crippen LogP contribution >= 0.6 is 0 Å². The summed E-state index contributed by atoms with van der Waals surface area (Å²) in [4.78, 5) is 0. The second-order valence-corrected chi connectivity index (χ2v) is 3.46. The highest BCUT2D eigenvalue weighted by Crippen LogP contribution is 2.33. The molecule has 92 valence electrons. The molecule has 1 aromatic heterocycles. The molecular formula is C11H10F3NO2. The highest BCUT2D eigenvalue weighted by Gasteiger charge is 2.29. The van der Waals surface area contributed by atoms with Crippen molar-refractivity contribution in [3.05, 3.63) is 30.0 Å². The highest BCUT2D eigenvalue weighted by molar-refractivity contribution is 5.85. The van der Waals surface area contributed by atoms with E-state index in [1.807, 2.05) is 0 Å². The van der Waals surface area contributed by atoms with Crippen LogP contribution in [0.2, 0.25) is 0 Å². The summed E-state index contributed by atoms with van der Waals surface area (Å²) in [6.07, 6.45) is -4.38. The Morgan fingerprint density at radius 2 is 1.94 bits per heavy atom. The maximum Gasteiger partial charge on any atom is 0.422 e. The molecular weight excluding hydrogens is 235 g/mol. The number of hydrogen-bond acceptors (Lipinski definition) is 3. The van der Waals surface area contributed by atoms with Gasteiger partial charge in [0, 0.05) is 0 Å². The molecule has 0 atom stereocenters. The van der Waals surface area contributed by atoms with E-state index in [2.05, 4.69) is 0 Å². The maximum absolute atomic E-state index is 12.1. The van der Waals surface area contributed by atoms with E-state index in [4.69, 9.17) is 14.9 Å². The summed E-state index contributed by atoms with van der Waals surface area (Å²) in [5, 5.41) is 0.497. The molecule has 3 nitrogen and oxygen atoms in total. The fourth-order valence-corrected chi connectivity index (χ4v) is 1.52. The van der Waals surface area contributed by atoms with Crippen molar-refractivity contribution in [1.82, 2.24) is 0 Å². The number of ether oxygens (including phenoxy) is 1. The van der Waals surface area contributed by atoms with Crippen LogP contribution in [0.5, 0.6) is 5.75 Å². The maximum atomic E-state index is 12.1. The summed E-state index contributed by atoms with van der Waals surface area (Å²) in [6, 6.07) is 6.69. The number of alkyl halides is 3. The minimum atomic E-state index is -4.38. The van der Waals surface area contributed by atoms with Gasteiger partial charge >= 0.3 is 6.18 Å². The van der Waals surface area contributed by atoms with E-state index in [0.29, 0.717) is 11.0 Å². The summed E-state index contributed by atoms with van der Waals surface area (Å²) in [6.45, 7) is -1.37. The number of halogens is 3. The average Bonchev–Trinajstić information content (AvgIpc) is 2.63. The van der Waals surface area contributed by atoms with Crippen molar-refractivity contribution in [2.45, 2.75) is 12.7 Å². The lowest BCUT2D eigenvalue weighted by atomic mass is 10.2. The van der Waals surface area contributed by atoms with Crippen molar-refractivity contribution in [2.24, 2.45) is 5.73 Å². The molecule has 1 heterocycles. The van der Waals surface area contributed by atoms with Gasteiger partial charge in [-0.25, -0.2) is 0 Å². The summed E-state index contributed by atoms with van der Waals surface area (Å²) in [7, 11) is 0. The third-order valence-corrected chi connectivity index (χ3v) is 2.18.